The van der Waals surface area contributed by atoms with Crippen molar-refractivity contribution in [1.29, 1.82) is 0 Å². The van der Waals surface area contributed by atoms with Gasteiger partial charge < -0.3 is 9.47 Å². The number of carbonyl (C=O) groups is 1. The smallest absolute Gasteiger partial charge is 0.312 e. The summed E-state index contributed by atoms with van der Waals surface area (Å²) >= 11 is 1.50. The maximum Gasteiger partial charge on any atom is 0.312 e. The second kappa shape index (κ2) is 8.81. The van der Waals surface area contributed by atoms with Crippen LogP contribution in [0.25, 0.3) is 0 Å². The van der Waals surface area contributed by atoms with E-state index < -0.39 is 15.4 Å². The lowest BCUT2D eigenvalue weighted by Gasteiger charge is -2.41. The Kier molecular flexibility index (Phi) is 6.84. The van der Waals surface area contributed by atoms with Gasteiger partial charge in [-0.2, -0.15) is 4.31 Å². The molecule has 2 aliphatic rings. The van der Waals surface area contributed by atoms with E-state index in [1.165, 1.54) is 15.6 Å². The molecule has 3 rings (SSSR count). The average molecular weight is 430 g/mol. The molecule has 1 aromatic rings. The summed E-state index contributed by atoms with van der Waals surface area (Å²) in [6.07, 6.45) is 4.77. The predicted octanol–water partition coefficient (Wildman–Crippen LogP) is 3.66. The normalized spacial score (nSPS) is 23.5. The molecule has 8 heteroatoms. The molecule has 0 amide bonds. The van der Waals surface area contributed by atoms with Crippen molar-refractivity contribution < 1.29 is 22.7 Å². The minimum Gasteiger partial charge on any atom is -0.466 e. The fourth-order valence-corrected chi connectivity index (χ4v) is 7.30. The molecule has 0 aromatic carbocycles. The Morgan fingerprint density at radius 2 is 2.04 bits per heavy atom. The van der Waals surface area contributed by atoms with E-state index in [1.54, 1.807) is 6.07 Å². The number of rotatable bonds is 6. The molecule has 1 atom stereocenters. The number of hydrogen-bond acceptors (Lipinski definition) is 6. The molecule has 0 spiro atoms. The summed E-state index contributed by atoms with van der Waals surface area (Å²) in [5.74, 6) is -0.205. The first-order chi connectivity index (χ1) is 13.3. The van der Waals surface area contributed by atoms with Gasteiger partial charge in [0.2, 0.25) is 10.0 Å². The second-order valence-electron chi connectivity index (χ2n) is 7.88. The quantitative estimate of drug-likeness (QED) is 0.645. The van der Waals surface area contributed by atoms with Crippen LogP contribution in [0.15, 0.2) is 11.0 Å². The van der Waals surface area contributed by atoms with Crippen LogP contribution in [0, 0.1) is 19.3 Å². The Morgan fingerprint density at radius 1 is 1.32 bits per heavy atom. The van der Waals surface area contributed by atoms with Crippen LogP contribution in [0.4, 0.5) is 0 Å². The Labute approximate surface area is 172 Å². The van der Waals surface area contributed by atoms with Gasteiger partial charge in [-0.1, -0.05) is 0 Å². The second-order valence-corrected chi connectivity index (χ2v) is 11.2. The van der Waals surface area contributed by atoms with E-state index in [-0.39, 0.29) is 12.1 Å². The molecule has 6 nitrogen and oxygen atoms in total. The van der Waals surface area contributed by atoms with E-state index in [1.807, 2.05) is 20.8 Å². The third kappa shape index (κ3) is 4.45. The van der Waals surface area contributed by atoms with Gasteiger partial charge in [0.05, 0.1) is 23.0 Å². The number of aryl methyl sites for hydroxylation is 2. The lowest BCUT2D eigenvalue weighted by atomic mass is 9.73. The Bertz CT molecular complexity index is 788. The summed E-state index contributed by atoms with van der Waals surface area (Å²) in [5, 5.41) is 0. The van der Waals surface area contributed by atoms with E-state index >= 15 is 0 Å². The van der Waals surface area contributed by atoms with Gasteiger partial charge >= 0.3 is 5.97 Å². The van der Waals surface area contributed by atoms with Crippen LogP contribution in [0.1, 0.15) is 55.2 Å². The molecule has 0 saturated carbocycles. The first-order valence-corrected chi connectivity index (χ1v) is 12.4. The molecule has 2 saturated heterocycles. The molecule has 2 aliphatic heterocycles. The van der Waals surface area contributed by atoms with Crippen molar-refractivity contribution in [2.45, 2.75) is 70.3 Å². The van der Waals surface area contributed by atoms with Crippen molar-refractivity contribution in [2.75, 3.05) is 26.3 Å². The van der Waals surface area contributed by atoms with Crippen LogP contribution in [0.5, 0.6) is 0 Å². The molecule has 1 aromatic heterocycles. The monoisotopic (exact) mass is 429 g/mol. The zero-order chi connectivity index (χ0) is 20.4. The molecule has 0 N–H and O–H groups in total. The summed E-state index contributed by atoms with van der Waals surface area (Å²) < 4.78 is 39.0. The summed E-state index contributed by atoms with van der Waals surface area (Å²) in [6.45, 7) is 7.32. The van der Waals surface area contributed by atoms with Gasteiger partial charge in [0.25, 0.3) is 0 Å². The SMILES string of the molecule is CCOC(=O)C1(CC2CCCCO2)CCN(S(=O)(=O)c2cc(C)sc2C)CC1. The summed E-state index contributed by atoms with van der Waals surface area (Å²) in [7, 11) is -3.53. The average Bonchev–Trinajstić information content (AvgIpc) is 3.02. The highest BCUT2D eigenvalue weighted by atomic mass is 32.2. The molecule has 0 bridgehead atoms. The zero-order valence-electron chi connectivity index (χ0n) is 17.0. The highest BCUT2D eigenvalue weighted by molar-refractivity contribution is 7.89. The van der Waals surface area contributed by atoms with Gasteiger partial charge in [-0.05, 0) is 65.4 Å². The van der Waals surface area contributed by atoms with Gasteiger partial charge in [0.1, 0.15) is 0 Å². The lowest BCUT2D eigenvalue weighted by Crippen LogP contribution is -2.48. The first-order valence-electron chi connectivity index (χ1n) is 10.1. The zero-order valence-corrected chi connectivity index (χ0v) is 18.7. The molecule has 2 fully saturated rings. The van der Waals surface area contributed by atoms with Crippen LogP contribution in [-0.4, -0.2) is 51.1 Å². The van der Waals surface area contributed by atoms with Gasteiger partial charge in [-0.3, -0.25) is 4.79 Å². The fourth-order valence-electron chi connectivity index (χ4n) is 4.34. The number of nitrogens with zero attached hydrogens (tertiary/aromatic N) is 1. The topological polar surface area (TPSA) is 72.9 Å². The van der Waals surface area contributed by atoms with E-state index in [2.05, 4.69) is 0 Å². The van der Waals surface area contributed by atoms with Crippen molar-refractivity contribution in [1.82, 2.24) is 4.31 Å². The molecule has 3 heterocycles. The standard InChI is InChI=1S/C20H31NO5S2/c1-4-25-19(22)20(14-17-7-5-6-12-26-17)8-10-21(11-9-20)28(23,24)18-13-15(2)27-16(18)3/h13,17H,4-12,14H2,1-3H3. The molecule has 28 heavy (non-hydrogen) atoms. The van der Waals surface area contributed by atoms with E-state index in [9.17, 15) is 13.2 Å². The third-order valence-electron chi connectivity index (χ3n) is 5.89. The predicted molar refractivity (Wildman–Crippen MR) is 109 cm³/mol. The van der Waals surface area contributed by atoms with Crippen LogP contribution in [0.2, 0.25) is 0 Å². The molecule has 0 aliphatic carbocycles. The van der Waals surface area contributed by atoms with Gasteiger partial charge in [-0.25, -0.2) is 8.42 Å². The third-order valence-corrected chi connectivity index (χ3v) is 9.01. The van der Waals surface area contributed by atoms with E-state index in [0.717, 1.165) is 35.6 Å². The highest BCUT2D eigenvalue weighted by Crippen LogP contribution is 2.41. The highest BCUT2D eigenvalue weighted by Gasteiger charge is 2.46. The van der Waals surface area contributed by atoms with Gasteiger partial charge in [-0.15, -0.1) is 11.3 Å². The number of ether oxygens (including phenoxy) is 2. The molecule has 158 valence electrons. The Morgan fingerprint density at radius 3 is 2.57 bits per heavy atom. The molecular weight excluding hydrogens is 398 g/mol. The van der Waals surface area contributed by atoms with Crippen LogP contribution in [-0.2, 0) is 24.3 Å². The van der Waals surface area contributed by atoms with Crippen molar-refractivity contribution >= 4 is 27.3 Å². The van der Waals surface area contributed by atoms with E-state index in [0.29, 0.717) is 43.9 Å². The van der Waals surface area contributed by atoms with E-state index in [4.69, 9.17) is 9.47 Å². The molecular formula is C20H31NO5S2. The number of thiophene rings is 1. The lowest BCUT2D eigenvalue weighted by molar-refractivity contribution is -0.162. The summed E-state index contributed by atoms with van der Waals surface area (Å²) in [4.78, 5) is 15.0. The maximum absolute atomic E-state index is 13.1. The number of carbonyl (C=O) groups excluding carboxylic acids is 1. The number of esters is 1. The van der Waals surface area contributed by atoms with Crippen LogP contribution in [0.3, 0.4) is 0 Å². The maximum atomic E-state index is 13.1. The number of hydrogen-bond donors (Lipinski definition) is 0. The van der Waals surface area contributed by atoms with Crippen molar-refractivity contribution in [2.24, 2.45) is 5.41 Å². The molecule has 1 unspecified atom stereocenters. The molecule has 0 radical (unpaired) electrons. The summed E-state index contributed by atoms with van der Waals surface area (Å²) in [6, 6.07) is 1.75. The van der Waals surface area contributed by atoms with Crippen molar-refractivity contribution in [3.8, 4) is 0 Å². The number of piperidine rings is 1. The van der Waals surface area contributed by atoms with Crippen molar-refractivity contribution in [3.63, 3.8) is 0 Å². The summed E-state index contributed by atoms with van der Waals surface area (Å²) in [5.41, 5.74) is -0.649. The largest absolute Gasteiger partial charge is 0.466 e. The first kappa shape index (κ1) is 21.7. The van der Waals surface area contributed by atoms with Gasteiger partial charge in [0, 0.05) is 29.5 Å². The fraction of sp³-hybridized carbons (Fsp3) is 0.750. The number of sulfonamides is 1. The Balaban J connectivity index is 1.76. The van der Waals surface area contributed by atoms with Crippen molar-refractivity contribution in [3.05, 3.63) is 15.8 Å². The van der Waals surface area contributed by atoms with Gasteiger partial charge in [0.15, 0.2) is 0 Å². The minimum absolute atomic E-state index is 0.0584. The minimum atomic E-state index is -3.53. The van der Waals surface area contributed by atoms with Crippen LogP contribution < -0.4 is 0 Å². The van der Waals surface area contributed by atoms with Crippen LogP contribution >= 0.6 is 11.3 Å². The Hall–Kier alpha value is -0.960.